The lowest BCUT2D eigenvalue weighted by molar-refractivity contribution is -0.157. The maximum absolute atomic E-state index is 14.3. The van der Waals surface area contributed by atoms with Gasteiger partial charge in [-0.1, -0.05) is 6.42 Å². The summed E-state index contributed by atoms with van der Waals surface area (Å²) < 4.78 is 118. The molecule has 2 aromatic carbocycles. The molecule has 0 unspecified atom stereocenters. The molecule has 0 saturated heterocycles. The molecule has 2 aromatic rings. The van der Waals surface area contributed by atoms with Crippen molar-refractivity contribution >= 4 is 27.4 Å². The summed E-state index contributed by atoms with van der Waals surface area (Å²) in [7, 11) is -3.41. The van der Waals surface area contributed by atoms with Crippen molar-refractivity contribution in [3.05, 3.63) is 47.8 Å². The Balaban J connectivity index is 1.88. The first-order chi connectivity index (χ1) is 18.4. The van der Waals surface area contributed by atoms with E-state index in [0.29, 0.717) is 25.5 Å². The molecule has 1 heterocycles. The number of fused-ring (bicyclic) bond motifs is 1. The predicted molar refractivity (Wildman–Crippen MR) is 133 cm³/mol. The lowest BCUT2D eigenvalue weighted by atomic mass is 9.69. The molecule has 7 nitrogen and oxygen atoms in total. The number of rotatable bonds is 8. The summed E-state index contributed by atoms with van der Waals surface area (Å²) in [6.45, 7) is -0.226. The Bertz CT molecular complexity index is 1370. The van der Waals surface area contributed by atoms with Gasteiger partial charge in [-0.25, -0.2) is 21.6 Å². The normalized spacial score (nSPS) is 20.8. The zero-order chi connectivity index (χ0) is 29.7. The summed E-state index contributed by atoms with van der Waals surface area (Å²) in [6, 6.07) is 4.77. The van der Waals surface area contributed by atoms with E-state index in [1.54, 1.807) is 0 Å². The van der Waals surface area contributed by atoms with E-state index >= 15 is 0 Å². The van der Waals surface area contributed by atoms with Gasteiger partial charge >= 0.3 is 12.1 Å². The first-order valence-corrected chi connectivity index (χ1v) is 13.9. The average Bonchev–Trinajstić information content (AvgIpc) is 2.89. The number of alkyl halides is 5. The van der Waals surface area contributed by atoms with Gasteiger partial charge in [-0.15, -0.1) is 0 Å². The molecule has 40 heavy (non-hydrogen) atoms. The van der Waals surface area contributed by atoms with Crippen LogP contribution in [0.5, 0.6) is 5.75 Å². The van der Waals surface area contributed by atoms with Gasteiger partial charge in [-0.05, 0) is 56.5 Å². The molecule has 4 rings (SSSR count). The Labute approximate surface area is 227 Å². The third kappa shape index (κ3) is 5.87. The van der Waals surface area contributed by atoms with Crippen molar-refractivity contribution in [3.8, 4) is 5.75 Å². The number of anilines is 2. The summed E-state index contributed by atoms with van der Waals surface area (Å²) in [6.07, 6.45) is -5.10. The van der Waals surface area contributed by atoms with Crippen molar-refractivity contribution in [2.24, 2.45) is 5.41 Å². The highest BCUT2D eigenvalue weighted by molar-refractivity contribution is 7.89. The zero-order valence-electron chi connectivity index (χ0n) is 21.6. The van der Waals surface area contributed by atoms with Crippen LogP contribution in [-0.2, 0) is 21.0 Å². The molecule has 1 aliphatic heterocycles. The van der Waals surface area contributed by atoms with Crippen LogP contribution in [0.3, 0.4) is 0 Å². The zero-order valence-corrected chi connectivity index (χ0v) is 22.5. The van der Waals surface area contributed by atoms with Crippen LogP contribution in [0.1, 0.15) is 44.6 Å². The van der Waals surface area contributed by atoms with E-state index in [1.807, 2.05) is 0 Å². The van der Waals surface area contributed by atoms with Crippen molar-refractivity contribution in [2.75, 3.05) is 25.1 Å². The fourth-order valence-electron chi connectivity index (χ4n) is 4.88. The molecule has 1 N–H and O–H groups in total. The number of likely N-dealkylation sites (N-methyl/N-ethyl adjacent to an activating group) is 1. The molecule has 0 spiro atoms. The number of carboxylic acid groups (broad SMARTS) is 1. The molecule has 2 aliphatic rings. The summed E-state index contributed by atoms with van der Waals surface area (Å²) in [5.74, 6) is -5.87. The van der Waals surface area contributed by atoms with Crippen molar-refractivity contribution in [2.45, 2.75) is 62.1 Å². The largest absolute Gasteiger partial charge is 0.492 e. The Morgan fingerprint density at radius 3 is 2.25 bits per heavy atom. The van der Waals surface area contributed by atoms with Crippen LogP contribution >= 0.6 is 0 Å². The van der Waals surface area contributed by atoms with Gasteiger partial charge < -0.3 is 14.7 Å². The van der Waals surface area contributed by atoms with Crippen LogP contribution in [0.2, 0.25) is 0 Å². The van der Waals surface area contributed by atoms with Crippen molar-refractivity contribution in [1.82, 2.24) is 4.31 Å². The first kappa shape index (κ1) is 30.0. The van der Waals surface area contributed by atoms with Gasteiger partial charge in [0.15, 0.2) is 0 Å². The number of aliphatic carboxylic acids is 1. The molecule has 0 bridgehead atoms. The summed E-state index contributed by atoms with van der Waals surface area (Å²) in [5, 5.41) is 9.56. The van der Waals surface area contributed by atoms with Crippen LogP contribution in [0.15, 0.2) is 41.3 Å². The van der Waals surface area contributed by atoms with Gasteiger partial charge in [-0.2, -0.15) is 17.5 Å². The molecule has 14 heteroatoms. The molecule has 1 atom stereocenters. The Morgan fingerprint density at radius 2 is 1.75 bits per heavy atom. The Hall–Kier alpha value is -3.00. The number of carboxylic acids is 1. The predicted octanol–water partition coefficient (Wildman–Crippen LogP) is 6.05. The minimum absolute atomic E-state index is 0.141. The number of sulfonamides is 1. The second kappa shape index (κ2) is 10.4. The van der Waals surface area contributed by atoms with Gasteiger partial charge in [-0.3, -0.25) is 4.79 Å². The van der Waals surface area contributed by atoms with E-state index in [9.17, 15) is 44.7 Å². The van der Waals surface area contributed by atoms with Crippen LogP contribution in [0.25, 0.3) is 0 Å². The SMILES string of the molecule is CN1[C@H](CCC(C)(F)F)CN(c2ccc(F)cc2)c2cc(C(F)(F)F)c(OCC3(C(=O)O)CCC3)cc2S1(=O)=O. The van der Waals surface area contributed by atoms with Gasteiger partial charge in [0.2, 0.25) is 15.9 Å². The van der Waals surface area contributed by atoms with E-state index in [4.69, 9.17) is 4.74 Å². The van der Waals surface area contributed by atoms with Crippen molar-refractivity contribution in [1.29, 1.82) is 0 Å². The molecule has 0 amide bonds. The summed E-state index contributed by atoms with van der Waals surface area (Å²) in [4.78, 5) is 12.4. The standard InChI is InChI=1S/C26H28F6N2O5S/c1-24(28,29)11-8-18-14-34(17-6-4-16(27)5-7-17)20-12-19(26(30,31)32)21(13-22(20)40(37,38)33(18)2)39-15-25(23(35)36)9-3-10-25/h4-7,12-13,18H,3,8-11,14-15H2,1-2H3,(H,35,36)/t18-/m1/s1. The molecule has 0 aromatic heterocycles. The fourth-order valence-corrected chi connectivity index (χ4v) is 6.45. The molecule has 1 saturated carbocycles. The minimum atomic E-state index is -5.03. The summed E-state index contributed by atoms with van der Waals surface area (Å²) in [5.41, 5.74) is -2.99. The van der Waals surface area contributed by atoms with Crippen LogP contribution in [-0.4, -0.2) is 56.0 Å². The van der Waals surface area contributed by atoms with Gasteiger partial charge in [0.05, 0.1) is 11.3 Å². The molecular weight excluding hydrogens is 566 g/mol. The molecule has 1 aliphatic carbocycles. The topological polar surface area (TPSA) is 87.2 Å². The average molecular weight is 595 g/mol. The second-order valence-electron chi connectivity index (χ2n) is 10.4. The van der Waals surface area contributed by atoms with Crippen LogP contribution in [0, 0.1) is 11.2 Å². The lowest BCUT2D eigenvalue weighted by Crippen LogP contribution is -2.43. The number of hydrogen-bond acceptors (Lipinski definition) is 5. The van der Waals surface area contributed by atoms with Crippen molar-refractivity contribution in [3.63, 3.8) is 0 Å². The quantitative estimate of drug-likeness (QED) is 0.375. The van der Waals surface area contributed by atoms with Gasteiger partial charge in [0, 0.05) is 37.8 Å². The maximum Gasteiger partial charge on any atom is 0.420 e. The molecule has 1 fully saturated rings. The highest BCUT2D eigenvalue weighted by Gasteiger charge is 2.47. The number of ether oxygens (including phenoxy) is 1. The van der Waals surface area contributed by atoms with E-state index in [-0.39, 0.29) is 31.5 Å². The smallest absolute Gasteiger partial charge is 0.420 e. The Kier molecular flexibility index (Phi) is 7.82. The number of hydrogen-bond donors (Lipinski definition) is 1. The van der Waals surface area contributed by atoms with E-state index < -0.39 is 80.3 Å². The Morgan fingerprint density at radius 1 is 1.12 bits per heavy atom. The third-order valence-electron chi connectivity index (χ3n) is 7.55. The van der Waals surface area contributed by atoms with E-state index in [0.717, 1.165) is 23.5 Å². The minimum Gasteiger partial charge on any atom is -0.492 e. The van der Waals surface area contributed by atoms with Crippen LogP contribution < -0.4 is 9.64 Å². The number of benzene rings is 2. The van der Waals surface area contributed by atoms with Crippen LogP contribution in [0.4, 0.5) is 37.7 Å². The van der Waals surface area contributed by atoms with E-state index in [2.05, 4.69) is 0 Å². The number of carbonyl (C=O) groups is 1. The first-order valence-electron chi connectivity index (χ1n) is 12.5. The van der Waals surface area contributed by atoms with Gasteiger partial charge in [0.1, 0.15) is 28.5 Å². The molecule has 220 valence electrons. The van der Waals surface area contributed by atoms with E-state index in [1.165, 1.54) is 17.0 Å². The highest BCUT2D eigenvalue weighted by atomic mass is 32.2. The molecule has 0 radical (unpaired) electrons. The maximum atomic E-state index is 14.3. The van der Waals surface area contributed by atoms with Crippen molar-refractivity contribution < 1.29 is 49.4 Å². The second-order valence-corrected chi connectivity index (χ2v) is 12.4. The summed E-state index contributed by atoms with van der Waals surface area (Å²) >= 11 is 0. The monoisotopic (exact) mass is 594 g/mol. The number of nitrogens with zero attached hydrogens (tertiary/aromatic N) is 2. The lowest BCUT2D eigenvalue weighted by Gasteiger charge is -2.37. The highest BCUT2D eigenvalue weighted by Crippen LogP contribution is 2.47. The number of halogens is 6. The third-order valence-corrected chi connectivity index (χ3v) is 9.48. The fraction of sp³-hybridized carbons (Fsp3) is 0.500. The van der Waals surface area contributed by atoms with Gasteiger partial charge in [0.25, 0.3) is 0 Å². The molecular formula is C26H28F6N2O5S.